The van der Waals surface area contributed by atoms with Crippen molar-refractivity contribution in [3.8, 4) is 11.9 Å². The highest BCUT2D eigenvalue weighted by atomic mass is 16.5. The lowest BCUT2D eigenvalue weighted by Gasteiger charge is -2.30. The number of anilines is 1. The Morgan fingerprint density at radius 3 is 2.70 bits per heavy atom. The van der Waals surface area contributed by atoms with Crippen LogP contribution in [-0.2, 0) is 17.9 Å². The standard InChI is InChI=1S/C29H27N7O4/c30-15-20-4-5-21(31-16-20)18-40-27-3-1-2-25(34-27)35-11-8-19(9-12-35)14-26-32-23-6-7-24(29(37)38)33-28(23)36(26)17-22-10-13-39-22/h1-7,14,16,22H,8-13,17-18H2,(H,37,38). The van der Waals surface area contributed by atoms with Crippen LogP contribution in [0.5, 0.6) is 5.88 Å². The fraction of sp³-hybridized carbons (Fsp3) is 0.310. The number of carboxylic acids is 1. The average Bonchev–Trinajstić information content (AvgIpc) is 3.30. The van der Waals surface area contributed by atoms with E-state index in [4.69, 9.17) is 19.7 Å². The molecule has 40 heavy (non-hydrogen) atoms. The molecule has 4 aromatic heterocycles. The Labute approximate surface area is 230 Å². The molecule has 0 bridgehead atoms. The van der Waals surface area contributed by atoms with Gasteiger partial charge in [0.1, 0.15) is 29.8 Å². The van der Waals surface area contributed by atoms with Gasteiger partial charge in [0.15, 0.2) is 11.3 Å². The smallest absolute Gasteiger partial charge is 0.354 e. The zero-order valence-corrected chi connectivity index (χ0v) is 21.7. The topological polar surface area (TPSA) is 139 Å². The summed E-state index contributed by atoms with van der Waals surface area (Å²) >= 11 is 0. The Morgan fingerprint density at radius 1 is 1.15 bits per heavy atom. The molecule has 11 nitrogen and oxygen atoms in total. The van der Waals surface area contributed by atoms with E-state index in [0.29, 0.717) is 29.2 Å². The maximum Gasteiger partial charge on any atom is 0.354 e. The molecule has 2 aliphatic heterocycles. The largest absolute Gasteiger partial charge is 0.477 e. The lowest BCUT2D eigenvalue weighted by molar-refractivity contribution is -0.0588. The number of aromatic nitrogens is 5. The SMILES string of the molecule is N#Cc1ccc(COc2cccc(N3CCC(=Cc4nc5ccc(C(=O)O)nc5n4CC4CCO4)CC3)n2)nc1. The molecule has 2 saturated heterocycles. The van der Waals surface area contributed by atoms with Crippen molar-refractivity contribution >= 4 is 29.0 Å². The van der Waals surface area contributed by atoms with Crippen molar-refractivity contribution in [1.82, 2.24) is 24.5 Å². The van der Waals surface area contributed by atoms with Crippen LogP contribution in [0.2, 0.25) is 0 Å². The third-order valence-electron chi connectivity index (χ3n) is 7.11. The summed E-state index contributed by atoms with van der Waals surface area (Å²) in [5.41, 5.74) is 3.74. The third-order valence-corrected chi connectivity index (χ3v) is 7.11. The van der Waals surface area contributed by atoms with Gasteiger partial charge >= 0.3 is 5.97 Å². The predicted molar refractivity (Wildman–Crippen MR) is 146 cm³/mol. The van der Waals surface area contributed by atoms with E-state index < -0.39 is 5.97 Å². The van der Waals surface area contributed by atoms with E-state index in [-0.39, 0.29) is 18.4 Å². The number of aromatic carboxylic acids is 1. The van der Waals surface area contributed by atoms with Gasteiger partial charge in [-0.25, -0.2) is 14.8 Å². The van der Waals surface area contributed by atoms with E-state index in [1.54, 1.807) is 18.2 Å². The number of fused-ring (bicyclic) bond motifs is 1. The van der Waals surface area contributed by atoms with E-state index in [2.05, 4.69) is 32.0 Å². The molecule has 11 heteroatoms. The molecule has 6 heterocycles. The maximum atomic E-state index is 11.5. The molecule has 1 N–H and O–H groups in total. The van der Waals surface area contributed by atoms with Crippen molar-refractivity contribution in [2.45, 2.75) is 38.5 Å². The van der Waals surface area contributed by atoms with Gasteiger partial charge in [-0.2, -0.15) is 10.2 Å². The molecular formula is C29H27N7O4. The fourth-order valence-electron chi connectivity index (χ4n) is 4.79. The number of rotatable bonds is 8. The number of ether oxygens (including phenoxy) is 2. The summed E-state index contributed by atoms with van der Waals surface area (Å²) in [5, 5.41) is 18.3. The number of nitriles is 1. The summed E-state index contributed by atoms with van der Waals surface area (Å²) in [6.45, 7) is 3.20. The van der Waals surface area contributed by atoms with Crippen LogP contribution < -0.4 is 9.64 Å². The Kier molecular flexibility index (Phi) is 7.08. The van der Waals surface area contributed by atoms with Gasteiger partial charge in [-0.15, -0.1) is 0 Å². The van der Waals surface area contributed by atoms with Crippen LogP contribution >= 0.6 is 0 Å². The van der Waals surface area contributed by atoms with Crippen molar-refractivity contribution in [2.75, 3.05) is 24.6 Å². The molecule has 0 spiro atoms. The predicted octanol–water partition coefficient (Wildman–Crippen LogP) is 3.84. The van der Waals surface area contributed by atoms with Crippen molar-refractivity contribution in [3.63, 3.8) is 0 Å². The minimum atomic E-state index is -1.06. The normalized spacial score (nSPS) is 16.8. The Bertz CT molecular complexity index is 1610. The van der Waals surface area contributed by atoms with E-state index in [1.165, 1.54) is 17.8 Å². The van der Waals surface area contributed by atoms with Crippen LogP contribution in [0.3, 0.4) is 0 Å². The molecular weight excluding hydrogens is 510 g/mol. The molecule has 1 atom stereocenters. The summed E-state index contributed by atoms with van der Waals surface area (Å²) in [6, 6.07) is 14.5. The number of nitrogens with zero attached hydrogens (tertiary/aromatic N) is 7. The minimum absolute atomic E-state index is 0.00238. The monoisotopic (exact) mass is 537 g/mol. The second-order valence-corrected chi connectivity index (χ2v) is 9.77. The molecule has 4 aromatic rings. The third kappa shape index (κ3) is 5.48. The van der Waals surface area contributed by atoms with Crippen LogP contribution in [0.15, 0.2) is 54.2 Å². The van der Waals surface area contributed by atoms with Gasteiger partial charge in [-0.05, 0) is 55.7 Å². The Hall–Kier alpha value is -4.82. The van der Waals surface area contributed by atoms with E-state index in [9.17, 15) is 9.90 Å². The first kappa shape index (κ1) is 25.5. The quantitative estimate of drug-likeness (QED) is 0.353. The maximum absolute atomic E-state index is 11.5. The number of hydrogen-bond acceptors (Lipinski definition) is 9. The number of hydrogen-bond donors (Lipinski definition) is 1. The Morgan fingerprint density at radius 2 is 2.00 bits per heavy atom. The van der Waals surface area contributed by atoms with Gasteiger partial charge in [0.05, 0.1) is 23.9 Å². The van der Waals surface area contributed by atoms with E-state index in [0.717, 1.165) is 56.3 Å². The van der Waals surface area contributed by atoms with Gasteiger partial charge in [-0.3, -0.25) is 4.98 Å². The average molecular weight is 538 g/mol. The number of imidazole rings is 1. The van der Waals surface area contributed by atoms with Crippen molar-refractivity contribution < 1.29 is 19.4 Å². The zero-order valence-electron chi connectivity index (χ0n) is 21.7. The molecule has 0 amide bonds. The summed E-state index contributed by atoms with van der Waals surface area (Å²) in [7, 11) is 0. The summed E-state index contributed by atoms with van der Waals surface area (Å²) in [4.78, 5) is 31.8. The van der Waals surface area contributed by atoms with E-state index in [1.807, 2.05) is 22.8 Å². The van der Waals surface area contributed by atoms with Gasteiger partial charge in [0.2, 0.25) is 5.88 Å². The van der Waals surface area contributed by atoms with Crippen molar-refractivity contribution in [3.05, 3.63) is 77.0 Å². The van der Waals surface area contributed by atoms with Crippen molar-refractivity contribution in [2.24, 2.45) is 0 Å². The molecule has 0 aliphatic carbocycles. The van der Waals surface area contributed by atoms with Crippen LogP contribution in [0.4, 0.5) is 5.82 Å². The summed E-state index contributed by atoms with van der Waals surface area (Å²) in [5.74, 6) is 1.08. The number of carboxylic acid groups (broad SMARTS) is 1. The van der Waals surface area contributed by atoms with Gasteiger partial charge in [0.25, 0.3) is 0 Å². The highest BCUT2D eigenvalue weighted by molar-refractivity contribution is 5.88. The van der Waals surface area contributed by atoms with E-state index >= 15 is 0 Å². The second-order valence-electron chi connectivity index (χ2n) is 9.77. The van der Waals surface area contributed by atoms with Crippen LogP contribution in [0, 0.1) is 11.3 Å². The highest BCUT2D eigenvalue weighted by Crippen LogP contribution is 2.27. The number of pyridine rings is 3. The van der Waals surface area contributed by atoms with Gasteiger partial charge in [0, 0.05) is 32.0 Å². The molecule has 0 radical (unpaired) electrons. The molecule has 2 aliphatic rings. The first-order chi connectivity index (χ1) is 19.6. The molecule has 0 saturated carbocycles. The zero-order chi connectivity index (χ0) is 27.5. The lowest BCUT2D eigenvalue weighted by atomic mass is 10.0. The first-order valence-corrected chi connectivity index (χ1v) is 13.2. The van der Waals surface area contributed by atoms with Gasteiger partial charge < -0.3 is 24.0 Å². The second kappa shape index (κ2) is 11.1. The van der Waals surface area contributed by atoms with Crippen LogP contribution in [0.1, 0.15) is 46.8 Å². The van der Waals surface area contributed by atoms with Crippen LogP contribution in [-0.4, -0.2) is 61.4 Å². The molecule has 0 aromatic carbocycles. The number of piperidine rings is 1. The highest BCUT2D eigenvalue weighted by Gasteiger charge is 2.23. The summed E-state index contributed by atoms with van der Waals surface area (Å²) in [6.07, 6.45) is 6.37. The first-order valence-electron chi connectivity index (χ1n) is 13.2. The number of carbonyl (C=O) groups is 1. The molecule has 6 rings (SSSR count). The van der Waals surface area contributed by atoms with Gasteiger partial charge in [-0.1, -0.05) is 11.6 Å². The molecule has 202 valence electrons. The summed E-state index contributed by atoms with van der Waals surface area (Å²) < 4.78 is 13.5. The lowest BCUT2D eigenvalue weighted by Crippen LogP contribution is -2.32. The van der Waals surface area contributed by atoms with Crippen LogP contribution in [0.25, 0.3) is 17.2 Å². The molecule has 2 fully saturated rings. The Balaban J connectivity index is 1.14. The fourth-order valence-corrected chi connectivity index (χ4v) is 4.79. The molecule has 1 unspecified atom stereocenters. The van der Waals surface area contributed by atoms with Crippen molar-refractivity contribution in [1.29, 1.82) is 5.26 Å². The minimum Gasteiger partial charge on any atom is -0.477 e.